The highest BCUT2D eigenvalue weighted by Crippen LogP contribution is 2.51. The lowest BCUT2D eigenvalue weighted by atomic mass is 9.48. The molecular formula is C27H26B3F2N7O3. The number of halogens is 2. The van der Waals surface area contributed by atoms with Crippen molar-refractivity contribution >= 4 is 52.3 Å². The molecule has 2 aromatic heterocycles. The van der Waals surface area contributed by atoms with E-state index in [1.807, 2.05) is 51.5 Å². The van der Waals surface area contributed by atoms with Crippen molar-refractivity contribution in [1.29, 1.82) is 0 Å². The van der Waals surface area contributed by atoms with E-state index in [0.717, 1.165) is 22.2 Å². The summed E-state index contributed by atoms with van der Waals surface area (Å²) in [7, 11) is 5.90. The minimum Gasteiger partial charge on any atom is -0.434 e. The molecule has 1 N–H and O–H groups in total. The van der Waals surface area contributed by atoms with Gasteiger partial charge in [-0.25, -0.2) is 15.0 Å². The van der Waals surface area contributed by atoms with Gasteiger partial charge in [0.05, 0.1) is 29.7 Å². The van der Waals surface area contributed by atoms with Crippen molar-refractivity contribution in [3.8, 4) is 16.9 Å². The highest BCUT2D eigenvalue weighted by atomic mass is 19.3. The quantitative estimate of drug-likeness (QED) is 0.340. The average molecular weight is 567 g/mol. The van der Waals surface area contributed by atoms with E-state index in [2.05, 4.69) is 19.9 Å². The number of carbonyl (C=O) groups is 2. The minimum atomic E-state index is -3.03. The number of alkyl halides is 2. The fraction of sp³-hybridized carbons (Fsp3) is 0.296. The van der Waals surface area contributed by atoms with E-state index in [4.69, 9.17) is 9.72 Å². The zero-order valence-corrected chi connectivity index (χ0v) is 23.3. The number of rotatable bonds is 5. The number of aromatic nitrogens is 4. The highest BCUT2D eigenvalue weighted by Gasteiger charge is 2.48. The summed E-state index contributed by atoms with van der Waals surface area (Å²) >= 11 is 0. The molecule has 2 atom stereocenters. The van der Waals surface area contributed by atoms with Crippen LogP contribution in [0.3, 0.4) is 0 Å². The maximum atomic E-state index is 13.9. The molecule has 42 heavy (non-hydrogen) atoms. The first-order valence-electron chi connectivity index (χ1n) is 13.9. The molecule has 0 spiro atoms. The third-order valence-corrected chi connectivity index (χ3v) is 8.16. The Balaban J connectivity index is 1.35. The first-order valence-corrected chi connectivity index (χ1v) is 13.9. The Kier molecular flexibility index (Phi) is 6.03. The number of ether oxygens (including phenoxy) is 1. The number of fused-ring (bicyclic) bond motifs is 9. The third-order valence-electron chi connectivity index (χ3n) is 8.16. The smallest absolute Gasteiger partial charge is 0.387 e. The van der Waals surface area contributed by atoms with E-state index in [1.54, 1.807) is 24.5 Å². The van der Waals surface area contributed by atoms with Crippen LogP contribution in [0.5, 0.6) is 5.75 Å². The molecule has 15 heteroatoms. The Morgan fingerprint density at radius 2 is 1.83 bits per heavy atom. The lowest BCUT2D eigenvalue weighted by Gasteiger charge is -2.40. The van der Waals surface area contributed by atoms with E-state index in [0.29, 0.717) is 42.4 Å². The molecule has 2 aromatic carbocycles. The molecule has 210 valence electrons. The van der Waals surface area contributed by atoms with Gasteiger partial charge in [-0.2, -0.15) is 8.78 Å². The zero-order valence-electron chi connectivity index (χ0n) is 23.3. The predicted molar refractivity (Wildman–Crippen MR) is 159 cm³/mol. The van der Waals surface area contributed by atoms with Crippen LogP contribution >= 0.6 is 0 Å². The Hall–Kier alpha value is -4.42. The van der Waals surface area contributed by atoms with E-state index < -0.39 is 17.9 Å². The number of benzene rings is 2. The van der Waals surface area contributed by atoms with Crippen LogP contribution in [0, 0.1) is 0 Å². The molecule has 0 saturated carbocycles. The molecule has 0 aliphatic carbocycles. The van der Waals surface area contributed by atoms with Crippen LogP contribution in [0.1, 0.15) is 40.3 Å². The van der Waals surface area contributed by atoms with Crippen molar-refractivity contribution in [3.05, 3.63) is 65.7 Å². The van der Waals surface area contributed by atoms with Crippen LogP contribution in [-0.2, 0) is 4.79 Å². The number of nitrogens with one attached hydrogen (secondary N) is 1. The second-order valence-electron chi connectivity index (χ2n) is 11.8. The van der Waals surface area contributed by atoms with E-state index in [-0.39, 0.29) is 30.2 Å². The molecular weight excluding hydrogens is 541 g/mol. The summed E-state index contributed by atoms with van der Waals surface area (Å²) in [4.78, 5) is 43.4. The van der Waals surface area contributed by atoms with E-state index in [1.165, 1.54) is 6.07 Å². The van der Waals surface area contributed by atoms with Crippen LogP contribution in [0.4, 0.5) is 14.7 Å². The maximum Gasteiger partial charge on any atom is 0.387 e. The molecule has 7 rings (SSSR count). The van der Waals surface area contributed by atoms with Gasteiger partial charge in [-0.05, 0) is 35.1 Å². The first kappa shape index (κ1) is 26.5. The summed E-state index contributed by atoms with van der Waals surface area (Å²) in [5.74, 6) is 0.900. The number of amides is 2. The van der Waals surface area contributed by atoms with Crippen LogP contribution < -0.4 is 15.0 Å². The Bertz CT molecular complexity index is 1750. The molecule has 3 aliphatic rings. The van der Waals surface area contributed by atoms with Gasteiger partial charge >= 0.3 is 6.61 Å². The average Bonchev–Trinajstić information content (AvgIpc) is 3.45. The van der Waals surface area contributed by atoms with Gasteiger partial charge < -0.3 is 24.4 Å². The Morgan fingerprint density at radius 3 is 2.55 bits per heavy atom. The van der Waals surface area contributed by atoms with Crippen LogP contribution in [-0.4, -0.2) is 91.3 Å². The van der Waals surface area contributed by atoms with Crippen LogP contribution in [0.15, 0.2) is 48.8 Å². The molecule has 10 nitrogen and oxygen atoms in total. The molecule has 1 saturated heterocycles. The van der Waals surface area contributed by atoms with Crippen molar-refractivity contribution < 1.29 is 23.1 Å². The van der Waals surface area contributed by atoms with Crippen molar-refractivity contribution in [2.75, 3.05) is 24.5 Å². The molecule has 0 unspecified atom stereocenters. The Labute approximate surface area is 242 Å². The minimum absolute atomic E-state index is 0.00315. The highest BCUT2D eigenvalue weighted by molar-refractivity contribution is 6.60. The van der Waals surface area contributed by atoms with E-state index >= 15 is 0 Å². The summed E-state index contributed by atoms with van der Waals surface area (Å²) in [6.45, 7) is -1.64. The van der Waals surface area contributed by atoms with Gasteiger partial charge in [0.2, 0.25) is 11.9 Å². The third kappa shape index (κ3) is 4.21. The molecule has 0 radical (unpaired) electrons. The van der Waals surface area contributed by atoms with Crippen LogP contribution in [0.2, 0.25) is 0 Å². The maximum absolute atomic E-state index is 13.9. The summed E-state index contributed by atoms with van der Waals surface area (Å²) in [6.07, 6.45) is 3.94. The second-order valence-corrected chi connectivity index (χ2v) is 11.8. The molecule has 2 amide bonds. The van der Waals surface area contributed by atoms with E-state index in [9.17, 15) is 18.4 Å². The van der Waals surface area contributed by atoms with Gasteiger partial charge in [-0.15, -0.1) is 0 Å². The lowest BCUT2D eigenvalue weighted by molar-refractivity contribution is -0.120. The number of anilines is 1. The fourth-order valence-corrected chi connectivity index (χ4v) is 6.50. The van der Waals surface area contributed by atoms with Gasteiger partial charge in [0, 0.05) is 48.6 Å². The van der Waals surface area contributed by atoms with Gasteiger partial charge in [0.25, 0.3) is 5.91 Å². The topological polar surface area (TPSA) is 105 Å². The number of piperazine rings is 1. The monoisotopic (exact) mass is 567 g/mol. The van der Waals surface area contributed by atoms with Gasteiger partial charge in [0.15, 0.2) is 0 Å². The van der Waals surface area contributed by atoms with Crippen molar-refractivity contribution in [3.63, 3.8) is 0 Å². The molecule has 4 aromatic rings. The second kappa shape index (κ2) is 9.57. The van der Waals surface area contributed by atoms with Crippen molar-refractivity contribution in [2.24, 2.45) is 0 Å². The number of carbonyl (C=O) groups excluding carboxylic acids is 2. The number of imidazole rings is 1. The number of hydrogen-bond acceptors (Lipinski definition) is 7. The number of nitrogens with zero attached hydrogens (tertiary/aromatic N) is 6. The lowest BCUT2D eigenvalue weighted by Crippen LogP contribution is -2.54. The Morgan fingerprint density at radius 1 is 1.05 bits per heavy atom. The van der Waals surface area contributed by atoms with Crippen molar-refractivity contribution in [2.45, 2.75) is 30.4 Å². The molecule has 1 fully saturated rings. The van der Waals surface area contributed by atoms with Crippen LogP contribution in [0.25, 0.3) is 22.2 Å². The summed E-state index contributed by atoms with van der Waals surface area (Å²) < 4.78 is 34.1. The summed E-state index contributed by atoms with van der Waals surface area (Å²) in [6, 6.07) is 9.82. The molecule has 2 bridgehead atoms. The first-order chi connectivity index (χ1) is 20.1. The molecule has 5 heterocycles. The van der Waals surface area contributed by atoms with Gasteiger partial charge in [-0.1, -0.05) is 12.1 Å². The molecule has 3 aliphatic heterocycles. The standard InChI is InChI=1S/C27H26B3F2N7O3/c28-27(29,30)39-19-9-18(22-15(24(39)41)2-1-3-20(22)42-25(31)32)38-17-8-13(4-5-16(17)36-23(19)38)14-10-34-26(35-11-14)37-7-6-33-21(40)12-37/h1-5,8,10-11,18-19,25H,6-7,9,12,28-30H2,(H,33,40)/t18-,19-/m1/s1. The summed E-state index contributed by atoms with van der Waals surface area (Å²) in [5, 5.41) is 2.24. The zero-order chi connectivity index (χ0) is 29.3. The van der Waals surface area contributed by atoms with Gasteiger partial charge in [0.1, 0.15) is 35.1 Å². The van der Waals surface area contributed by atoms with Gasteiger partial charge in [-0.3, -0.25) is 9.59 Å². The fourth-order valence-electron chi connectivity index (χ4n) is 6.50. The number of hydrogen-bond donors (Lipinski definition) is 1. The SMILES string of the molecule is BC(B)(B)N1C(=O)c2cccc(OC(F)F)c2[C@H]2C[C@@H]1c1nc3ccc(-c4cnc(N5CCNC(=O)C5)nc4)cc3n12. The largest absolute Gasteiger partial charge is 0.434 e. The predicted octanol–water partition coefficient (Wildman–Crippen LogP) is 0.0315. The van der Waals surface area contributed by atoms with Crippen molar-refractivity contribution in [1.82, 2.24) is 29.7 Å². The summed E-state index contributed by atoms with van der Waals surface area (Å²) in [5.41, 5.74) is 3.99. The normalized spacial score (nSPS) is 20.0.